The van der Waals surface area contributed by atoms with Gasteiger partial charge in [0.05, 0.1) is 17.8 Å². The average Bonchev–Trinajstić information content (AvgIpc) is 2.68. The highest BCUT2D eigenvalue weighted by Gasteiger charge is 2.34. The van der Waals surface area contributed by atoms with Gasteiger partial charge in [0.1, 0.15) is 11.9 Å². The summed E-state index contributed by atoms with van der Waals surface area (Å²) in [5.41, 5.74) is 1.62. The molecule has 0 radical (unpaired) electrons. The highest BCUT2D eigenvalue weighted by molar-refractivity contribution is 5.54. The SMILES string of the molecule is Cc1ccc(C#N)c(N2CC3CCC(C2)O3)n1. The molecule has 2 aliphatic heterocycles. The molecule has 2 aliphatic rings. The largest absolute Gasteiger partial charge is 0.371 e. The van der Waals surface area contributed by atoms with E-state index in [0.717, 1.165) is 37.4 Å². The first kappa shape index (κ1) is 10.5. The van der Waals surface area contributed by atoms with Crippen LogP contribution in [0.2, 0.25) is 0 Å². The molecule has 0 amide bonds. The zero-order valence-corrected chi connectivity index (χ0v) is 9.89. The Balaban J connectivity index is 1.93. The Hall–Kier alpha value is -1.60. The highest BCUT2D eigenvalue weighted by Crippen LogP contribution is 2.30. The molecule has 2 fully saturated rings. The maximum atomic E-state index is 9.14. The van der Waals surface area contributed by atoms with Gasteiger partial charge in [0, 0.05) is 18.8 Å². The summed E-state index contributed by atoms with van der Waals surface area (Å²) in [6, 6.07) is 5.97. The third-order valence-corrected chi connectivity index (χ3v) is 3.48. The van der Waals surface area contributed by atoms with Gasteiger partial charge in [-0.1, -0.05) is 0 Å². The van der Waals surface area contributed by atoms with E-state index in [1.807, 2.05) is 19.1 Å². The molecule has 88 valence electrons. The van der Waals surface area contributed by atoms with Crippen molar-refractivity contribution in [1.29, 1.82) is 5.26 Å². The molecule has 0 aliphatic carbocycles. The lowest BCUT2D eigenvalue weighted by atomic mass is 10.2. The van der Waals surface area contributed by atoms with E-state index in [9.17, 15) is 0 Å². The van der Waals surface area contributed by atoms with E-state index in [-0.39, 0.29) is 0 Å². The van der Waals surface area contributed by atoms with Crippen molar-refractivity contribution in [1.82, 2.24) is 4.98 Å². The van der Waals surface area contributed by atoms with Crippen molar-refractivity contribution in [3.63, 3.8) is 0 Å². The van der Waals surface area contributed by atoms with E-state index in [4.69, 9.17) is 10.00 Å². The number of anilines is 1. The number of morpholine rings is 1. The van der Waals surface area contributed by atoms with Crippen molar-refractivity contribution in [3.8, 4) is 6.07 Å². The lowest BCUT2D eigenvalue weighted by Gasteiger charge is -2.33. The van der Waals surface area contributed by atoms with E-state index in [1.54, 1.807) is 0 Å². The molecule has 2 atom stereocenters. The second-order valence-electron chi connectivity index (χ2n) is 4.80. The number of pyridine rings is 1. The molecule has 0 spiro atoms. The topological polar surface area (TPSA) is 49.2 Å². The molecule has 17 heavy (non-hydrogen) atoms. The molecule has 0 saturated carbocycles. The second kappa shape index (κ2) is 4.01. The summed E-state index contributed by atoms with van der Waals surface area (Å²) in [5, 5.41) is 9.14. The lowest BCUT2D eigenvalue weighted by Crippen LogP contribution is -2.43. The standard InChI is InChI=1S/C13H15N3O/c1-9-2-3-10(6-14)13(15-9)16-7-11-4-5-12(8-16)17-11/h2-3,11-12H,4-5,7-8H2,1H3. The molecule has 1 aromatic heterocycles. The lowest BCUT2D eigenvalue weighted by molar-refractivity contribution is 0.0302. The molecule has 2 bridgehead atoms. The Morgan fingerprint density at radius 1 is 1.35 bits per heavy atom. The van der Waals surface area contributed by atoms with Crippen LogP contribution < -0.4 is 4.90 Å². The summed E-state index contributed by atoms with van der Waals surface area (Å²) in [6.07, 6.45) is 2.91. The van der Waals surface area contributed by atoms with Crippen molar-refractivity contribution in [2.45, 2.75) is 32.0 Å². The number of aromatic nitrogens is 1. The fraction of sp³-hybridized carbons (Fsp3) is 0.538. The summed E-state index contributed by atoms with van der Waals surface area (Å²) < 4.78 is 5.80. The van der Waals surface area contributed by atoms with Gasteiger partial charge in [-0.2, -0.15) is 5.26 Å². The van der Waals surface area contributed by atoms with Gasteiger partial charge in [0.2, 0.25) is 0 Å². The summed E-state index contributed by atoms with van der Waals surface area (Å²) in [7, 11) is 0. The van der Waals surface area contributed by atoms with Crippen molar-refractivity contribution >= 4 is 5.82 Å². The maximum Gasteiger partial charge on any atom is 0.146 e. The number of nitriles is 1. The smallest absolute Gasteiger partial charge is 0.146 e. The molecule has 1 aromatic rings. The predicted octanol–water partition coefficient (Wildman–Crippen LogP) is 1.63. The minimum Gasteiger partial charge on any atom is -0.371 e. The molecule has 0 N–H and O–H groups in total. The minimum atomic E-state index is 0.322. The zero-order valence-electron chi connectivity index (χ0n) is 9.89. The van der Waals surface area contributed by atoms with Gasteiger partial charge in [-0.05, 0) is 31.9 Å². The molecular weight excluding hydrogens is 214 g/mol. The Bertz CT molecular complexity index is 468. The Morgan fingerprint density at radius 3 is 2.71 bits per heavy atom. The van der Waals surface area contributed by atoms with Crippen LogP contribution in [0.25, 0.3) is 0 Å². The van der Waals surface area contributed by atoms with Crippen LogP contribution in [-0.4, -0.2) is 30.3 Å². The predicted molar refractivity (Wildman–Crippen MR) is 63.8 cm³/mol. The first-order valence-corrected chi connectivity index (χ1v) is 6.04. The third-order valence-electron chi connectivity index (χ3n) is 3.48. The van der Waals surface area contributed by atoms with Gasteiger partial charge in [-0.15, -0.1) is 0 Å². The van der Waals surface area contributed by atoms with Crippen molar-refractivity contribution in [3.05, 3.63) is 23.4 Å². The molecule has 3 heterocycles. The summed E-state index contributed by atoms with van der Waals surface area (Å²) in [6.45, 7) is 3.68. The molecule has 0 aromatic carbocycles. The number of hydrogen-bond acceptors (Lipinski definition) is 4. The van der Waals surface area contributed by atoms with Crippen LogP contribution >= 0.6 is 0 Å². The molecule has 3 rings (SSSR count). The zero-order chi connectivity index (χ0) is 11.8. The maximum absolute atomic E-state index is 9.14. The first-order valence-electron chi connectivity index (χ1n) is 6.04. The quantitative estimate of drug-likeness (QED) is 0.734. The molecular formula is C13H15N3O. The monoisotopic (exact) mass is 229 g/mol. The number of aryl methyl sites for hydroxylation is 1. The fourth-order valence-corrected chi connectivity index (χ4v) is 2.66. The molecule has 4 nitrogen and oxygen atoms in total. The Morgan fingerprint density at radius 2 is 2.06 bits per heavy atom. The number of ether oxygens (including phenoxy) is 1. The normalized spacial score (nSPS) is 26.9. The Labute approximate surface area is 101 Å². The highest BCUT2D eigenvalue weighted by atomic mass is 16.5. The van der Waals surface area contributed by atoms with Gasteiger partial charge in [-0.3, -0.25) is 0 Å². The van der Waals surface area contributed by atoms with Crippen molar-refractivity contribution in [2.75, 3.05) is 18.0 Å². The van der Waals surface area contributed by atoms with E-state index >= 15 is 0 Å². The van der Waals surface area contributed by atoms with Gasteiger partial charge in [0.15, 0.2) is 0 Å². The van der Waals surface area contributed by atoms with Crippen LogP contribution in [0.5, 0.6) is 0 Å². The van der Waals surface area contributed by atoms with Crippen molar-refractivity contribution < 1.29 is 4.74 Å². The van der Waals surface area contributed by atoms with E-state index in [0.29, 0.717) is 17.8 Å². The summed E-state index contributed by atoms with van der Waals surface area (Å²) >= 11 is 0. The second-order valence-corrected chi connectivity index (χ2v) is 4.80. The van der Waals surface area contributed by atoms with Gasteiger partial charge in [-0.25, -0.2) is 4.98 Å². The third kappa shape index (κ3) is 1.87. The van der Waals surface area contributed by atoms with E-state index in [1.165, 1.54) is 0 Å². The van der Waals surface area contributed by atoms with Crippen LogP contribution in [0.15, 0.2) is 12.1 Å². The summed E-state index contributed by atoms with van der Waals surface area (Å²) in [5.74, 6) is 0.827. The van der Waals surface area contributed by atoms with Gasteiger partial charge < -0.3 is 9.64 Å². The molecule has 4 heteroatoms. The van der Waals surface area contributed by atoms with Gasteiger partial charge >= 0.3 is 0 Å². The van der Waals surface area contributed by atoms with Crippen LogP contribution in [0.1, 0.15) is 24.1 Å². The number of rotatable bonds is 1. The molecule has 2 unspecified atom stereocenters. The van der Waals surface area contributed by atoms with E-state index in [2.05, 4.69) is 16.0 Å². The van der Waals surface area contributed by atoms with Gasteiger partial charge in [0.25, 0.3) is 0 Å². The van der Waals surface area contributed by atoms with E-state index < -0.39 is 0 Å². The first-order chi connectivity index (χ1) is 8.26. The molecule has 2 saturated heterocycles. The van der Waals surface area contributed by atoms with Crippen LogP contribution in [0.4, 0.5) is 5.82 Å². The van der Waals surface area contributed by atoms with Crippen LogP contribution in [0, 0.1) is 18.3 Å². The van der Waals surface area contributed by atoms with Crippen LogP contribution in [0.3, 0.4) is 0 Å². The Kier molecular flexibility index (Phi) is 2.49. The summed E-state index contributed by atoms with van der Waals surface area (Å²) in [4.78, 5) is 6.72. The van der Waals surface area contributed by atoms with Crippen LogP contribution in [-0.2, 0) is 4.74 Å². The number of hydrogen-bond donors (Lipinski definition) is 0. The fourth-order valence-electron chi connectivity index (χ4n) is 2.66. The van der Waals surface area contributed by atoms with Crippen molar-refractivity contribution in [2.24, 2.45) is 0 Å². The minimum absolute atomic E-state index is 0.322. The number of nitrogens with zero attached hydrogens (tertiary/aromatic N) is 3. The average molecular weight is 229 g/mol. The number of fused-ring (bicyclic) bond motifs is 2.